The van der Waals surface area contributed by atoms with Gasteiger partial charge in [-0.15, -0.1) is 0 Å². The van der Waals surface area contributed by atoms with Gasteiger partial charge < -0.3 is 31.5 Å². The average molecular weight is 406 g/mol. The van der Waals surface area contributed by atoms with Crippen LogP contribution in [0.1, 0.15) is 19.8 Å². The average Bonchev–Trinajstić information content (AvgIpc) is 3.13. The van der Waals surface area contributed by atoms with Crippen LogP contribution in [0.2, 0.25) is 0 Å². The Balaban J connectivity index is 1.57. The van der Waals surface area contributed by atoms with E-state index < -0.39 is 36.0 Å². The van der Waals surface area contributed by atoms with Gasteiger partial charge in [0.15, 0.2) is 0 Å². The van der Waals surface area contributed by atoms with Gasteiger partial charge in [0.25, 0.3) is 0 Å². The Hall–Kier alpha value is -0.500. The van der Waals surface area contributed by atoms with E-state index in [4.69, 9.17) is 21.3 Å². The highest BCUT2D eigenvalue weighted by atomic mass is 32.2. The number of thioether (sulfide) groups is 1. The Morgan fingerprint density at radius 2 is 2.22 bits per heavy atom. The van der Waals surface area contributed by atoms with Crippen molar-refractivity contribution in [3.63, 3.8) is 0 Å². The van der Waals surface area contributed by atoms with E-state index in [0.29, 0.717) is 24.6 Å². The van der Waals surface area contributed by atoms with Crippen molar-refractivity contribution in [2.45, 2.75) is 62.2 Å². The van der Waals surface area contributed by atoms with E-state index in [1.807, 2.05) is 0 Å². The number of carboxylic acid groups (broad SMARTS) is 1. The molecule has 3 heterocycles. The number of carboxylic acids is 1. The highest BCUT2D eigenvalue weighted by molar-refractivity contribution is 7.99. The maximum absolute atomic E-state index is 10.8. The summed E-state index contributed by atoms with van der Waals surface area (Å²) in [6.45, 7) is 2.89. The molecule has 3 fully saturated rings. The first-order valence-corrected chi connectivity index (χ1v) is 10.5. The van der Waals surface area contributed by atoms with Crippen LogP contribution < -0.4 is 22.1 Å². The Morgan fingerprint density at radius 3 is 2.93 bits per heavy atom. The number of rotatable bonds is 7. The van der Waals surface area contributed by atoms with E-state index in [-0.39, 0.29) is 18.2 Å². The molecule has 3 rings (SSSR count). The van der Waals surface area contributed by atoms with Crippen molar-refractivity contribution in [2.24, 2.45) is 17.4 Å². The SMILES string of the molecule is C[C@@]1(O)[C@@H](CSCC[C@H](N)C(=O)O)OC(N2CCC3C(N)NCNC32)[C@@H]1O. The molecule has 3 saturated heterocycles. The molecular formula is C16H31N5O5S. The van der Waals surface area contributed by atoms with Crippen molar-refractivity contribution in [1.29, 1.82) is 0 Å². The van der Waals surface area contributed by atoms with Crippen molar-refractivity contribution >= 4 is 17.7 Å². The van der Waals surface area contributed by atoms with Crippen LogP contribution in [0.25, 0.3) is 0 Å². The second-order valence-electron chi connectivity index (χ2n) is 7.74. The lowest BCUT2D eigenvalue weighted by Crippen LogP contribution is -2.64. The van der Waals surface area contributed by atoms with Crippen LogP contribution in [0.3, 0.4) is 0 Å². The molecule has 0 radical (unpaired) electrons. The summed E-state index contributed by atoms with van der Waals surface area (Å²) in [6, 6.07) is -0.891. The monoisotopic (exact) mass is 405 g/mol. The van der Waals surface area contributed by atoms with Crippen LogP contribution in [-0.4, -0.2) is 93.3 Å². The molecule has 3 aliphatic rings. The Kier molecular flexibility index (Phi) is 6.66. The van der Waals surface area contributed by atoms with Gasteiger partial charge in [0, 0.05) is 24.9 Å². The van der Waals surface area contributed by atoms with Gasteiger partial charge in [-0.2, -0.15) is 11.8 Å². The lowest BCUT2D eigenvalue weighted by molar-refractivity contribution is -0.138. The molecule has 0 aromatic carbocycles. The van der Waals surface area contributed by atoms with E-state index in [0.717, 1.165) is 13.0 Å². The number of aliphatic hydroxyl groups is 2. The fourth-order valence-electron chi connectivity index (χ4n) is 4.06. The summed E-state index contributed by atoms with van der Waals surface area (Å²) in [7, 11) is 0. The van der Waals surface area contributed by atoms with Crippen molar-refractivity contribution in [3.8, 4) is 0 Å². The van der Waals surface area contributed by atoms with Gasteiger partial charge >= 0.3 is 5.97 Å². The van der Waals surface area contributed by atoms with Crippen LogP contribution in [0.4, 0.5) is 0 Å². The van der Waals surface area contributed by atoms with Gasteiger partial charge in [-0.05, 0) is 25.5 Å². The fourth-order valence-corrected chi connectivity index (χ4v) is 5.27. The third-order valence-electron chi connectivity index (χ3n) is 5.90. The zero-order valence-electron chi connectivity index (χ0n) is 15.5. The van der Waals surface area contributed by atoms with E-state index in [1.165, 1.54) is 11.8 Å². The summed E-state index contributed by atoms with van der Waals surface area (Å²) in [6.07, 6.45) is -1.10. The number of hydrogen-bond donors (Lipinski definition) is 7. The molecule has 0 saturated carbocycles. The van der Waals surface area contributed by atoms with E-state index >= 15 is 0 Å². The highest BCUT2D eigenvalue weighted by Gasteiger charge is 2.56. The Labute approximate surface area is 163 Å². The predicted octanol–water partition coefficient (Wildman–Crippen LogP) is -2.56. The second-order valence-corrected chi connectivity index (χ2v) is 8.89. The van der Waals surface area contributed by atoms with Gasteiger partial charge in [0.2, 0.25) is 0 Å². The number of nitrogens with one attached hydrogen (secondary N) is 2. The number of nitrogens with two attached hydrogens (primary N) is 2. The van der Waals surface area contributed by atoms with Crippen LogP contribution in [0, 0.1) is 5.92 Å². The van der Waals surface area contributed by atoms with E-state index in [9.17, 15) is 15.0 Å². The normalized spacial score (nSPS) is 43.6. The smallest absolute Gasteiger partial charge is 0.320 e. The molecule has 4 unspecified atom stereocenters. The topological polar surface area (TPSA) is 166 Å². The van der Waals surface area contributed by atoms with Crippen LogP contribution in [-0.2, 0) is 9.53 Å². The molecule has 0 aliphatic carbocycles. The molecule has 0 aromatic rings. The molecule has 0 spiro atoms. The quantitative estimate of drug-likeness (QED) is 0.223. The van der Waals surface area contributed by atoms with Gasteiger partial charge in [-0.3, -0.25) is 20.3 Å². The van der Waals surface area contributed by atoms with E-state index in [1.54, 1.807) is 6.92 Å². The number of likely N-dealkylation sites (tertiary alicyclic amines) is 1. The minimum absolute atomic E-state index is 0.00309. The third kappa shape index (κ3) is 4.26. The van der Waals surface area contributed by atoms with Crippen LogP contribution in [0.5, 0.6) is 0 Å². The second kappa shape index (κ2) is 8.47. The summed E-state index contributed by atoms with van der Waals surface area (Å²) in [5.41, 5.74) is 10.2. The Bertz CT molecular complexity index is 541. The van der Waals surface area contributed by atoms with Gasteiger partial charge in [0.05, 0.1) is 18.4 Å². The lowest BCUT2D eigenvalue weighted by Gasteiger charge is -2.39. The summed E-state index contributed by atoms with van der Waals surface area (Å²) < 4.78 is 6.07. The number of hydrogen-bond acceptors (Lipinski definition) is 10. The molecule has 27 heavy (non-hydrogen) atoms. The number of carbonyl (C=O) groups is 1. The number of aliphatic carboxylic acids is 1. The highest BCUT2D eigenvalue weighted by Crippen LogP contribution is 2.38. The van der Waals surface area contributed by atoms with E-state index in [2.05, 4.69) is 15.5 Å². The van der Waals surface area contributed by atoms with Gasteiger partial charge in [-0.1, -0.05) is 0 Å². The largest absolute Gasteiger partial charge is 0.480 e. The van der Waals surface area contributed by atoms with Crippen molar-refractivity contribution < 1.29 is 24.9 Å². The zero-order valence-corrected chi connectivity index (χ0v) is 16.3. The van der Waals surface area contributed by atoms with Crippen molar-refractivity contribution in [1.82, 2.24) is 15.5 Å². The first kappa shape index (κ1) is 21.2. The van der Waals surface area contributed by atoms with Crippen molar-refractivity contribution in [2.75, 3.05) is 24.7 Å². The minimum atomic E-state index is -1.39. The molecule has 0 bridgehead atoms. The zero-order chi connectivity index (χ0) is 19.8. The molecule has 3 aliphatic heterocycles. The molecule has 9 N–H and O–H groups in total. The molecular weight excluding hydrogens is 374 g/mol. The lowest BCUT2D eigenvalue weighted by atomic mass is 9.95. The van der Waals surface area contributed by atoms with Crippen molar-refractivity contribution in [3.05, 3.63) is 0 Å². The first-order chi connectivity index (χ1) is 12.7. The minimum Gasteiger partial charge on any atom is -0.480 e. The third-order valence-corrected chi connectivity index (χ3v) is 6.97. The molecule has 11 heteroatoms. The number of aliphatic hydroxyl groups excluding tert-OH is 1. The fraction of sp³-hybridized carbons (Fsp3) is 0.938. The number of nitrogens with zero attached hydrogens (tertiary/aromatic N) is 1. The predicted molar refractivity (Wildman–Crippen MR) is 101 cm³/mol. The maximum Gasteiger partial charge on any atom is 0.320 e. The Morgan fingerprint density at radius 1 is 1.48 bits per heavy atom. The molecule has 0 aromatic heterocycles. The number of ether oxygens (including phenoxy) is 1. The molecule has 0 amide bonds. The summed E-state index contributed by atoms with van der Waals surface area (Å²) in [5, 5.41) is 36.9. The van der Waals surface area contributed by atoms with Crippen LogP contribution >= 0.6 is 11.8 Å². The maximum atomic E-state index is 10.8. The first-order valence-electron chi connectivity index (χ1n) is 9.33. The van der Waals surface area contributed by atoms with Gasteiger partial charge in [-0.25, -0.2) is 0 Å². The summed E-state index contributed by atoms with van der Waals surface area (Å²) >= 11 is 1.46. The molecule has 10 nitrogen and oxygen atoms in total. The number of fused-ring (bicyclic) bond motifs is 1. The van der Waals surface area contributed by atoms with Gasteiger partial charge in [0.1, 0.15) is 24.0 Å². The summed E-state index contributed by atoms with van der Waals surface area (Å²) in [5.74, 6) is 0.182. The molecule has 156 valence electrons. The summed E-state index contributed by atoms with van der Waals surface area (Å²) in [4.78, 5) is 12.8. The standard InChI is InChI=1S/C16H31N5O5S/c1-16(25)10(6-27-5-3-9(17)15(23)24)26-14(11(16)22)21-4-2-8-12(18)19-7-20-13(8)21/h8-14,19-20,22,25H,2-7,17-18H2,1H3,(H,23,24)/t8?,9-,10+,11-,12?,13?,14?,16+/m0/s1. The van der Waals surface area contributed by atoms with Crippen LogP contribution in [0.15, 0.2) is 0 Å². The molecule has 8 atom stereocenters.